The van der Waals surface area contributed by atoms with Crippen molar-refractivity contribution in [1.29, 1.82) is 0 Å². The van der Waals surface area contributed by atoms with Crippen molar-refractivity contribution in [1.82, 2.24) is 10.3 Å². The van der Waals surface area contributed by atoms with Gasteiger partial charge in [0.2, 0.25) is 0 Å². The summed E-state index contributed by atoms with van der Waals surface area (Å²) >= 11 is 7.28. The molecule has 1 rings (SSSR count). The van der Waals surface area contributed by atoms with Crippen LogP contribution in [0.1, 0.15) is 18.2 Å². The second-order valence-electron chi connectivity index (χ2n) is 2.73. The van der Waals surface area contributed by atoms with E-state index in [1.54, 1.807) is 11.3 Å². The summed E-state index contributed by atoms with van der Waals surface area (Å²) in [6.45, 7) is 3.05. The first kappa shape index (κ1) is 9.96. The van der Waals surface area contributed by atoms with Crippen LogP contribution in [0.5, 0.6) is 0 Å². The molecular formula is C8H13ClN2S. The lowest BCUT2D eigenvalue weighted by molar-refractivity contribution is 0.539. The van der Waals surface area contributed by atoms with Crippen LogP contribution in [0, 0.1) is 0 Å². The third-order valence-electron chi connectivity index (χ3n) is 1.65. The van der Waals surface area contributed by atoms with Crippen molar-refractivity contribution in [2.24, 2.45) is 0 Å². The van der Waals surface area contributed by atoms with E-state index < -0.39 is 0 Å². The van der Waals surface area contributed by atoms with Crippen LogP contribution in [0.4, 0.5) is 0 Å². The van der Waals surface area contributed by atoms with E-state index in [1.807, 2.05) is 11.7 Å². The van der Waals surface area contributed by atoms with E-state index in [1.165, 1.54) is 4.88 Å². The van der Waals surface area contributed by atoms with Crippen molar-refractivity contribution in [3.63, 3.8) is 0 Å². The summed E-state index contributed by atoms with van der Waals surface area (Å²) in [7, 11) is 0. The molecule has 4 heteroatoms. The molecule has 0 fully saturated rings. The van der Waals surface area contributed by atoms with Crippen molar-refractivity contribution < 1.29 is 0 Å². The number of halogens is 1. The molecule has 1 aromatic heterocycles. The van der Waals surface area contributed by atoms with Gasteiger partial charge in [0.15, 0.2) is 0 Å². The van der Waals surface area contributed by atoms with Gasteiger partial charge < -0.3 is 5.32 Å². The van der Waals surface area contributed by atoms with Crippen molar-refractivity contribution >= 4 is 22.9 Å². The fraction of sp³-hybridized carbons (Fsp3) is 0.625. The zero-order valence-electron chi connectivity index (χ0n) is 7.09. The number of rotatable bonds is 5. The van der Waals surface area contributed by atoms with Crippen molar-refractivity contribution in [2.45, 2.75) is 25.9 Å². The van der Waals surface area contributed by atoms with Crippen LogP contribution < -0.4 is 5.32 Å². The number of hydrogen-bond donors (Lipinski definition) is 1. The van der Waals surface area contributed by atoms with E-state index in [-0.39, 0.29) is 0 Å². The monoisotopic (exact) mass is 204 g/mol. The lowest BCUT2D eigenvalue weighted by atomic mass is 10.2. The minimum absolute atomic E-state index is 0.490. The van der Waals surface area contributed by atoms with Crippen LogP contribution in [0.25, 0.3) is 0 Å². The Balaban J connectivity index is 2.17. The minimum Gasteiger partial charge on any atom is -0.309 e. The van der Waals surface area contributed by atoms with Gasteiger partial charge >= 0.3 is 0 Å². The topological polar surface area (TPSA) is 24.9 Å². The van der Waals surface area contributed by atoms with Gasteiger partial charge in [-0.25, -0.2) is 0 Å². The third-order valence-corrected chi connectivity index (χ3v) is 2.65. The Hall–Kier alpha value is -0.120. The van der Waals surface area contributed by atoms with Gasteiger partial charge in [-0.15, -0.1) is 22.9 Å². The Morgan fingerprint density at radius 2 is 2.58 bits per heavy atom. The molecule has 0 aliphatic heterocycles. The maximum absolute atomic E-state index is 5.61. The summed E-state index contributed by atoms with van der Waals surface area (Å²) in [6.07, 6.45) is 2.91. The van der Waals surface area contributed by atoms with Gasteiger partial charge in [0.25, 0.3) is 0 Å². The molecule has 0 spiro atoms. The van der Waals surface area contributed by atoms with Gasteiger partial charge in [-0.1, -0.05) is 0 Å². The molecule has 0 amide bonds. The van der Waals surface area contributed by atoms with E-state index in [9.17, 15) is 0 Å². The standard InChI is InChI=1S/C8H13ClN2S/c1-7(2-3-9)11-5-8-4-10-6-12-8/h4,6-7,11H,2-3,5H2,1H3. The molecule has 0 aliphatic carbocycles. The predicted octanol–water partition coefficient (Wildman–Crippen LogP) is 2.25. The van der Waals surface area contributed by atoms with E-state index in [2.05, 4.69) is 17.2 Å². The summed E-state index contributed by atoms with van der Waals surface area (Å²) in [5.74, 6) is 0.719. The number of hydrogen-bond acceptors (Lipinski definition) is 3. The van der Waals surface area contributed by atoms with E-state index in [4.69, 9.17) is 11.6 Å². The molecule has 2 nitrogen and oxygen atoms in total. The zero-order valence-corrected chi connectivity index (χ0v) is 8.66. The predicted molar refractivity (Wildman–Crippen MR) is 53.8 cm³/mol. The van der Waals surface area contributed by atoms with Crippen molar-refractivity contribution in [3.05, 3.63) is 16.6 Å². The average molecular weight is 205 g/mol. The molecule has 1 atom stereocenters. The molecule has 0 aliphatic rings. The highest BCUT2D eigenvalue weighted by molar-refractivity contribution is 7.09. The molecule has 0 saturated carbocycles. The lowest BCUT2D eigenvalue weighted by Crippen LogP contribution is -2.25. The first-order valence-corrected chi connectivity index (χ1v) is 5.41. The molecule has 1 unspecified atom stereocenters. The molecule has 12 heavy (non-hydrogen) atoms. The molecule has 0 aromatic carbocycles. The number of alkyl halides is 1. The van der Waals surface area contributed by atoms with Gasteiger partial charge in [0.05, 0.1) is 5.51 Å². The zero-order chi connectivity index (χ0) is 8.81. The number of thiazole rings is 1. The summed E-state index contributed by atoms with van der Waals surface area (Å²) in [5, 5.41) is 3.37. The van der Waals surface area contributed by atoms with E-state index in [0.717, 1.165) is 18.8 Å². The van der Waals surface area contributed by atoms with E-state index in [0.29, 0.717) is 6.04 Å². The van der Waals surface area contributed by atoms with Gasteiger partial charge in [-0.2, -0.15) is 0 Å². The first-order valence-electron chi connectivity index (χ1n) is 3.99. The average Bonchev–Trinajstić information content (AvgIpc) is 2.53. The Labute approximate surface area is 82.0 Å². The second-order valence-corrected chi connectivity index (χ2v) is 4.08. The maximum atomic E-state index is 5.61. The van der Waals surface area contributed by atoms with Crippen molar-refractivity contribution in [2.75, 3.05) is 5.88 Å². The molecule has 0 bridgehead atoms. The number of nitrogens with zero attached hydrogens (tertiary/aromatic N) is 1. The fourth-order valence-corrected chi connectivity index (χ4v) is 1.74. The van der Waals surface area contributed by atoms with Crippen LogP contribution in [0.3, 0.4) is 0 Å². The number of aromatic nitrogens is 1. The maximum Gasteiger partial charge on any atom is 0.0794 e. The first-order chi connectivity index (χ1) is 5.83. The smallest absolute Gasteiger partial charge is 0.0794 e. The Bertz CT molecular complexity index is 201. The SMILES string of the molecule is CC(CCCl)NCc1cncs1. The highest BCUT2D eigenvalue weighted by Crippen LogP contribution is 2.05. The Morgan fingerprint density at radius 3 is 3.17 bits per heavy atom. The van der Waals surface area contributed by atoms with Crippen LogP contribution >= 0.6 is 22.9 Å². The third kappa shape index (κ3) is 3.52. The normalized spacial score (nSPS) is 13.2. The molecule has 1 heterocycles. The highest BCUT2D eigenvalue weighted by atomic mass is 35.5. The largest absolute Gasteiger partial charge is 0.309 e. The number of nitrogens with one attached hydrogen (secondary N) is 1. The van der Waals surface area contributed by atoms with Gasteiger partial charge in [0, 0.05) is 29.5 Å². The molecule has 0 radical (unpaired) electrons. The van der Waals surface area contributed by atoms with E-state index >= 15 is 0 Å². The minimum atomic E-state index is 0.490. The summed E-state index contributed by atoms with van der Waals surface area (Å²) in [6, 6.07) is 0.490. The summed E-state index contributed by atoms with van der Waals surface area (Å²) in [4.78, 5) is 5.27. The van der Waals surface area contributed by atoms with Crippen LogP contribution in [-0.4, -0.2) is 16.9 Å². The summed E-state index contributed by atoms with van der Waals surface area (Å²) in [5.41, 5.74) is 1.85. The van der Waals surface area contributed by atoms with Gasteiger partial charge in [-0.3, -0.25) is 4.98 Å². The van der Waals surface area contributed by atoms with Crippen LogP contribution in [0.2, 0.25) is 0 Å². The molecule has 68 valence electrons. The van der Waals surface area contributed by atoms with Gasteiger partial charge in [0.1, 0.15) is 0 Å². The molecule has 0 saturated heterocycles. The quantitative estimate of drug-likeness (QED) is 0.745. The molecule has 1 aromatic rings. The summed E-state index contributed by atoms with van der Waals surface area (Å²) < 4.78 is 0. The Morgan fingerprint density at radius 1 is 1.75 bits per heavy atom. The fourth-order valence-electron chi connectivity index (χ4n) is 0.870. The van der Waals surface area contributed by atoms with Crippen molar-refractivity contribution in [3.8, 4) is 0 Å². The lowest BCUT2D eigenvalue weighted by Gasteiger charge is -2.10. The molecule has 1 N–H and O–H groups in total. The second kappa shape index (κ2) is 5.51. The highest BCUT2D eigenvalue weighted by Gasteiger charge is 2.00. The van der Waals surface area contributed by atoms with Crippen LogP contribution in [-0.2, 0) is 6.54 Å². The molecular weight excluding hydrogens is 192 g/mol. The Kier molecular flexibility index (Phi) is 4.58. The van der Waals surface area contributed by atoms with Crippen LogP contribution in [0.15, 0.2) is 11.7 Å². The van der Waals surface area contributed by atoms with Gasteiger partial charge in [-0.05, 0) is 13.3 Å².